The quantitative estimate of drug-likeness (QED) is 0.866. The van der Waals surface area contributed by atoms with Crippen molar-refractivity contribution in [3.8, 4) is 0 Å². The third-order valence-corrected chi connectivity index (χ3v) is 2.44. The molecule has 0 bridgehead atoms. The fraction of sp³-hybridized carbons (Fsp3) is 0.300. The maximum atomic E-state index is 10.7. The molecule has 0 aliphatic rings. The lowest BCUT2D eigenvalue weighted by Gasteiger charge is -2.16. The molecule has 0 spiro atoms. The average Bonchev–Trinajstić information content (AvgIpc) is 2.16. The van der Waals surface area contributed by atoms with E-state index in [0.717, 1.165) is 5.56 Å². The summed E-state index contributed by atoms with van der Waals surface area (Å²) in [5, 5.41) is 9.38. The molecule has 1 rings (SSSR count). The monoisotopic (exact) mass is 249 g/mol. The molecule has 0 saturated carbocycles. The van der Waals surface area contributed by atoms with Crippen LogP contribution in [0.5, 0.6) is 0 Å². The summed E-state index contributed by atoms with van der Waals surface area (Å²) in [5.74, 6) is -1.50. The molecule has 1 aromatic carbocycles. The van der Waals surface area contributed by atoms with Crippen molar-refractivity contribution >= 4 is 30.0 Å². The van der Waals surface area contributed by atoms with Gasteiger partial charge in [0.2, 0.25) is 0 Å². The maximum absolute atomic E-state index is 10.7. The van der Waals surface area contributed by atoms with Crippen LogP contribution in [0, 0.1) is 5.92 Å². The predicted molar refractivity (Wildman–Crippen MR) is 62.4 cm³/mol. The zero-order chi connectivity index (χ0) is 10.7. The average molecular weight is 250 g/mol. The molecule has 0 fully saturated rings. The van der Waals surface area contributed by atoms with Gasteiger partial charge in [-0.2, -0.15) is 0 Å². The number of rotatable bonds is 3. The highest BCUT2D eigenvalue weighted by molar-refractivity contribution is 6.30. The van der Waals surface area contributed by atoms with Crippen molar-refractivity contribution in [1.29, 1.82) is 0 Å². The molecule has 0 heterocycles. The van der Waals surface area contributed by atoms with Crippen LogP contribution < -0.4 is 5.73 Å². The van der Waals surface area contributed by atoms with Crippen LogP contribution in [0.4, 0.5) is 0 Å². The van der Waals surface area contributed by atoms with E-state index >= 15 is 0 Å². The van der Waals surface area contributed by atoms with Gasteiger partial charge in [-0.15, -0.1) is 12.4 Å². The first-order valence-corrected chi connectivity index (χ1v) is 4.64. The third-order valence-electron chi connectivity index (χ3n) is 2.18. The van der Waals surface area contributed by atoms with Gasteiger partial charge in [-0.25, -0.2) is 0 Å². The summed E-state index contributed by atoms with van der Waals surface area (Å²) in [5.41, 5.74) is 6.55. The second kappa shape index (κ2) is 5.95. The Labute approximate surface area is 99.6 Å². The summed E-state index contributed by atoms with van der Waals surface area (Å²) >= 11 is 5.70. The largest absolute Gasteiger partial charge is 0.481 e. The molecule has 0 aliphatic carbocycles. The molecule has 0 saturated heterocycles. The molecule has 2 atom stereocenters. The van der Waals surface area contributed by atoms with E-state index in [9.17, 15) is 4.79 Å². The third kappa shape index (κ3) is 3.70. The second-order valence-electron chi connectivity index (χ2n) is 3.20. The summed E-state index contributed by atoms with van der Waals surface area (Å²) in [6, 6.07) is 6.39. The number of aliphatic carboxylic acids is 1. The van der Waals surface area contributed by atoms with E-state index in [4.69, 9.17) is 22.4 Å². The van der Waals surface area contributed by atoms with Crippen molar-refractivity contribution in [2.75, 3.05) is 0 Å². The van der Waals surface area contributed by atoms with Crippen molar-refractivity contribution in [3.05, 3.63) is 34.9 Å². The number of hydrogen-bond acceptors (Lipinski definition) is 2. The number of carbonyl (C=O) groups is 1. The molecule has 2 unspecified atom stereocenters. The Kier molecular flexibility index (Phi) is 5.65. The van der Waals surface area contributed by atoms with Crippen molar-refractivity contribution in [1.82, 2.24) is 0 Å². The summed E-state index contributed by atoms with van der Waals surface area (Å²) in [6.07, 6.45) is 0. The fourth-order valence-electron chi connectivity index (χ4n) is 1.13. The first-order chi connectivity index (χ1) is 6.52. The summed E-state index contributed by atoms with van der Waals surface area (Å²) in [6.45, 7) is 1.58. The highest BCUT2D eigenvalue weighted by Crippen LogP contribution is 2.21. The van der Waals surface area contributed by atoms with Gasteiger partial charge in [0.25, 0.3) is 0 Å². The number of benzene rings is 1. The highest BCUT2D eigenvalue weighted by atomic mass is 35.5. The van der Waals surface area contributed by atoms with E-state index in [1.165, 1.54) is 0 Å². The molecule has 0 aliphatic heterocycles. The fourth-order valence-corrected chi connectivity index (χ4v) is 1.25. The van der Waals surface area contributed by atoms with Gasteiger partial charge in [-0.05, 0) is 17.7 Å². The SMILES string of the molecule is CC(C(=O)O)C(N)c1ccc(Cl)cc1.Cl. The van der Waals surface area contributed by atoms with Gasteiger partial charge in [0, 0.05) is 11.1 Å². The molecule has 0 radical (unpaired) electrons. The lowest BCUT2D eigenvalue weighted by Crippen LogP contribution is -2.25. The molecule has 15 heavy (non-hydrogen) atoms. The lowest BCUT2D eigenvalue weighted by atomic mass is 9.96. The van der Waals surface area contributed by atoms with Crippen LogP contribution in [0.3, 0.4) is 0 Å². The van der Waals surface area contributed by atoms with Crippen molar-refractivity contribution in [2.45, 2.75) is 13.0 Å². The van der Waals surface area contributed by atoms with Gasteiger partial charge in [0.05, 0.1) is 5.92 Å². The van der Waals surface area contributed by atoms with Crippen LogP contribution in [0.15, 0.2) is 24.3 Å². The van der Waals surface area contributed by atoms with E-state index in [1.54, 1.807) is 31.2 Å². The minimum Gasteiger partial charge on any atom is -0.481 e. The predicted octanol–water partition coefficient (Wildman–Crippen LogP) is 2.48. The Bertz CT molecular complexity index is 327. The van der Waals surface area contributed by atoms with Crippen LogP contribution in [-0.2, 0) is 4.79 Å². The second-order valence-corrected chi connectivity index (χ2v) is 3.64. The van der Waals surface area contributed by atoms with E-state index in [1.807, 2.05) is 0 Å². The van der Waals surface area contributed by atoms with E-state index < -0.39 is 17.9 Å². The molecule has 0 aromatic heterocycles. The summed E-state index contributed by atoms with van der Waals surface area (Å²) in [7, 11) is 0. The van der Waals surface area contributed by atoms with Crippen LogP contribution >= 0.6 is 24.0 Å². The first-order valence-electron chi connectivity index (χ1n) is 4.26. The zero-order valence-electron chi connectivity index (χ0n) is 8.18. The Morgan fingerprint density at radius 2 is 1.87 bits per heavy atom. The minimum atomic E-state index is -0.896. The number of carboxylic acid groups (broad SMARTS) is 1. The van der Waals surface area contributed by atoms with Gasteiger partial charge in [-0.1, -0.05) is 30.7 Å². The molecule has 84 valence electrons. The Balaban J connectivity index is 0.00000196. The smallest absolute Gasteiger partial charge is 0.308 e. The van der Waals surface area contributed by atoms with Gasteiger partial charge in [0.1, 0.15) is 0 Å². The topological polar surface area (TPSA) is 63.3 Å². The van der Waals surface area contributed by atoms with Gasteiger partial charge < -0.3 is 10.8 Å². The van der Waals surface area contributed by atoms with Crippen molar-refractivity contribution < 1.29 is 9.90 Å². The molecular formula is C10H13Cl2NO2. The molecule has 1 aromatic rings. The molecule has 3 nitrogen and oxygen atoms in total. The molecule has 0 amide bonds. The maximum Gasteiger partial charge on any atom is 0.308 e. The minimum absolute atomic E-state index is 0. The Hall–Kier alpha value is -0.770. The van der Waals surface area contributed by atoms with Crippen LogP contribution in [0.2, 0.25) is 5.02 Å². The Morgan fingerprint density at radius 3 is 2.27 bits per heavy atom. The summed E-state index contributed by atoms with van der Waals surface area (Å²) in [4.78, 5) is 10.7. The summed E-state index contributed by atoms with van der Waals surface area (Å²) < 4.78 is 0. The zero-order valence-corrected chi connectivity index (χ0v) is 9.76. The normalized spacial score (nSPS) is 13.8. The molecule has 5 heteroatoms. The highest BCUT2D eigenvalue weighted by Gasteiger charge is 2.20. The number of carboxylic acids is 1. The van der Waals surface area contributed by atoms with Gasteiger partial charge in [0.15, 0.2) is 0 Å². The lowest BCUT2D eigenvalue weighted by molar-refractivity contribution is -0.141. The van der Waals surface area contributed by atoms with E-state index in [2.05, 4.69) is 0 Å². The van der Waals surface area contributed by atoms with Crippen LogP contribution in [-0.4, -0.2) is 11.1 Å². The molecule has 3 N–H and O–H groups in total. The molecular weight excluding hydrogens is 237 g/mol. The van der Waals surface area contributed by atoms with Crippen LogP contribution in [0.25, 0.3) is 0 Å². The number of hydrogen-bond donors (Lipinski definition) is 2. The first kappa shape index (κ1) is 14.2. The van der Waals surface area contributed by atoms with Gasteiger partial charge in [-0.3, -0.25) is 4.79 Å². The Morgan fingerprint density at radius 1 is 1.40 bits per heavy atom. The van der Waals surface area contributed by atoms with Crippen molar-refractivity contribution in [2.24, 2.45) is 11.7 Å². The van der Waals surface area contributed by atoms with E-state index in [-0.39, 0.29) is 12.4 Å². The van der Waals surface area contributed by atoms with Gasteiger partial charge >= 0.3 is 5.97 Å². The van der Waals surface area contributed by atoms with Crippen molar-refractivity contribution in [3.63, 3.8) is 0 Å². The number of nitrogens with two attached hydrogens (primary N) is 1. The standard InChI is InChI=1S/C10H12ClNO2.ClH/c1-6(10(13)14)9(12)7-2-4-8(11)5-3-7;/h2-6,9H,12H2,1H3,(H,13,14);1H. The van der Waals surface area contributed by atoms with E-state index in [0.29, 0.717) is 5.02 Å². The number of halogens is 2. The van der Waals surface area contributed by atoms with Crippen LogP contribution in [0.1, 0.15) is 18.5 Å².